The summed E-state index contributed by atoms with van der Waals surface area (Å²) in [6, 6.07) is 3.68. The standard InChI is InChI=1S/C15H15Cl2N5/c1-7-3-10(16)12(11(17)4-7)13-9(5-18)14(19)22-15(21-13)8(2)6-20-22/h3-4,6H,5,18-19H2,1-2H3. The summed E-state index contributed by atoms with van der Waals surface area (Å²) >= 11 is 12.8. The second kappa shape index (κ2) is 5.43. The van der Waals surface area contributed by atoms with Crippen molar-refractivity contribution in [3.8, 4) is 11.3 Å². The zero-order chi connectivity index (χ0) is 16.0. The molecule has 0 aliphatic heterocycles. The summed E-state index contributed by atoms with van der Waals surface area (Å²) in [6.07, 6.45) is 1.71. The molecule has 114 valence electrons. The van der Waals surface area contributed by atoms with Gasteiger partial charge in [0, 0.05) is 23.2 Å². The lowest BCUT2D eigenvalue weighted by Gasteiger charge is -2.15. The number of hydrogen-bond acceptors (Lipinski definition) is 4. The Labute approximate surface area is 137 Å². The normalized spacial score (nSPS) is 11.3. The van der Waals surface area contributed by atoms with Crippen LogP contribution in [-0.4, -0.2) is 14.6 Å². The van der Waals surface area contributed by atoms with Gasteiger partial charge in [-0.3, -0.25) is 0 Å². The zero-order valence-electron chi connectivity index (χ0n) is 12.2. The molecule has 3 aromatic rings. The third-order valence-corrected chi connectivity index (χ3v) is 4.18. The summed E-state index contributed by atoms with van der Waals surface area (Å²) in [5, 5.41) is 5.27. The lowest BCUT2D eigenvalue weighted by molar-refractivity contribution is 0.920. The van der Waals surface area contributed by atoms with Crippen molar-refractivity contribution in [2.24, 2.45) is 5.73 Å². The summed E-state index contributed by atoms with van der Waals surface area (Å²) in [5.41, 5.74) is 16.5. The maximum absolute atomic E-state index is 6.39. The molecule has 1 aromatic carbocycles. The van der Waals surface area contributed by atoms with E-state index in [1.807, 2.05) is 26.0 Å². The van der Waals surface area contributed by atoms with Crippen LogP contribution >= 0.6 is 23.2 Å². The number of aryl methyl sites for hydroxylation is 2. The topological polar surface area (TPSA) is 82.2 Å². The predicted molar refractivity (Wildman–Crippen MR) is 90.2 cm³/mol. The average Bonchev–Trinajstić information content (AvgIpc) is 2.80. The van der Waals surface area contributed by atoms with Gasteiger partial charge < -0.3 is 11.5 Å². The van der Waals surface area contributed by atoms with Crippen LogP contribution in [0.15, 0.2) is 18.3 Å². The van der Waals surface area contributed by atoms with E-state index >= 15 is 0 Å². The number of rotatable bonds is 2. The van der Waals surface area contributed by atoms with Gasteiger partial charge in [-0.2, -0.15) is 9.61 Å². The van der Waals surface area contributed by atoms with E-state index in [2.05, 4.69) is 10.1 Å². The number of benzene rings is 1. The van der Waals surface area contributed by atoms with E-state index in [1.54, 1.807) is 10.7 Å². The van der Waals surface area contributed by atoms with E-state index in [9.17, 15) is 0 Å². The molecule has 0 fully saturated rings. The van der Waals surface area contributed by atoms with E-state index in [1.165, 1.54) is 0 Å². The molecule has 0 spiro atoms. The Balaban J connectivity index is 2.42. The third-order valence-electron chi connectivity index (χ3n) is 3.59. The zero-order valence-corrected chi connectivity index (χ0v) is 13.7. The first-order valence-electron chi connectivity index (χ1n) is 6.72. The largest absolute Gasteiger partial charge is 0.383 e. The second-order valence-corrected chi connectivity index (χ2v) is 6.01. The number of nitrogens with two attached hydrogens (primary N) is 2. The van der Waals surface area contributed by atoms with Crippen LogP contribution in [0, 0.1) is 13.8 Å². The smallest absolute Gasteiger partial charge is 0.160 e. The minimum absolute atomic E-state index is 0.212. The summed E-state index contributed by atoms with van der Waals surface area (Å²) < 4.78 is 1.58. The highest BCUT2D eigenvalue weighted by molar-refractivity contribution is 6.39. The molecule has 0 aliphatic rings. The molecule has 0 saturated heterocycles. The van der Waals surface area contributed by atoms with E-state index in [0.717, 1.165) is 11.1 Å². The molecule has 5 nitrogen and oxygen atoms in total. The molecule has 0 amide bonds. The molecule has 22 heavy (non-hydrogen) atoms. The fraction of sp³-hybridized carbons (Fsp3) is 0.200. The minimum atomic E-state index is 0.212. The van der Waals surface area contributed by atoms with Crippen LogP contribution in [0.2, 0.25) is 10.0 Å². The Bertz CT molecular complexity index is 862. The van der Waals surface area contributed by atoms with E-state index in [-0.39, 0.29) is 6.54 Å². The molecular weight excluding hydrogens is 321 g/mol. The van der Waals surface area contributed by atoms with Crippen molar-refractivity contribution in [1.29, 1.82) is 0 Å². The van der Waals surface area contributed by atoms with Crippen LogP contribution in [0.25, 0.3) is 16.9 Å². The number of fused-ring (bicyclic) bond motifs is 1. The predicted octanol–water partition coefficient (Wildman–Crippen LogP) is 3.36. The van der Waals surface area contributed by atoms with Crippen LogP contribution in [0.5, 0.6) is 0 Å². The fourth-order valence-electron chi connectivity index (χ4n) is 2.49. The maximum atomic E-state index is 6.39. The molecule has 0 unspecified atom stereocenters. The van der Waals surface area contributed by atoms with Crippen molar-refractivity contribution in [2.75, 3.05) is 5.73 Å². The molecule has 3 rings (SSSR count). The Morgan fingerprint density at radius 3 is 2.41 bits per heavy atom. The van der Waals surface area contributed by atoms with Crippen molar-refractivity contribution in [1.82, 2.24) is 14.6 Å². The quantitative estimate of drug-likeness (QED) is 0.752. The molecule has 7 heteroatoms. The molecule has 2 aromatic heterocycles. The maximum Gasteiger partial charge on any atom is 0.160 e. The molecule has 0 aliphatic carbocycles. The van der Waals surface area contributed by atoms with E-state index in [4.69, 9.17) is 34.7 Å². The first kappa shape index (κ1) is 15.1. The van der Waals surface area contributed by atoms with Gasteiger partial charge in [-0.1, -0.05) is 23.2 Å². The van der Waals surface area contributed by atoms with Crippen molar-refractivity contribution in [3.05, 3.63) is 45.1 Å². The summed E-state index contributed by atoms with van der Waals surface area (Å²) in [6.45, 7) is 4.06. The van der Waals surface area contributed by atoms with Crippen molar-refractivity contribution >= 4 is 34.7 Å². The van der Waals surface area contributed by atoms with Gasteiger partial charge in [-0.05, 0) is 31.5 Å². The van der Waals surface area contributed by atoms with Gasteiger partial charge in [-0.15, -0.1) is 0 Å². The lowest BCUT2D eigenvalue weighted by atomic mass is 10.0. The van der Waals surface area contributed by atoms with Crippen molar-refractivity contribution in [2.45, 2.75) is 20.4 Å². The first-order chi connectivity index (χ1) is 10.4. The summed E-state index contributed by atoms with van der Waals surface area (Å²) in [5.74, 6) is 0.448. The highest BCUT2D eigenvalue weighted by Crippen LogP contribution is 2.38. The van der Waals surface area contributed by atoms with Crippen LogP contribution in [0.3, 0.4) is 0 Å². The number of aromatic nitrogens is 3. The van der Waals surface area contributed by atoms with Crippen LogP contribution in [-0.2, 0) is 6.54 Å². The molecule has 0 saturated carbocycles. The number of halogens is 2. The van der Waals surface area contributed by atoms with Crippen molar-refractivity contribution in [3.63, 3.8) is 0 Å². The van der Waals surface area contributed by atoms with Gasteiger partial charge in [0.1, 0.15) is 5.82 Å². The molecule has 4 N–H and O–H groups in total. The van der Waals surface area contributed by atoms with Gasteiger partial charge in [0.15, 0.2) is 5.65 Å². The number of nitrogen functional groups attached to an aromatic ring is 1. The molecule has 0 atom stereocenters. The Morgan fingerprint density at radius 1 is 1.18 bits per heavy atom. The van der Waals surface area contributed by atoms with Crippen LogP contribution < -0.4 is 11.5 Å². The van der Waals surface area contributed by atoms with E-state index < -0.39 is 0 Å². The average molecular weight is 336 g/mol. The number of anilines is 1. The van der Waals surface area contributed by atoms with Gasteiger partial charge in [0.2, 0.25) is 0 Å². The van der Waals surface area contributed by atoms with Crippen LogP contribution in [0.4, 0.5) is 5.82 Å². The SMILES string of the molecule is Cc1cc(Cl)c(-c2nc3c(C)cnn3c(N)c2CN)c(Cl)c1. The van der Waals surface area contributed by atoms with E-state index in [0.29, 0.717) is 38.3 Å². The highest BCUT2D eigenvalue weighted by atomic mass is 35.5. The Hall–Kier alpha value is -1.82. The van der Waals surface area contributed by atoms with Crippen LogP contribution in [0.1, 0.15) is 16.7 Å². The molecule has 2 heterocycles. The van der Waals surface area contributed by atoms with Crippen molar-refractivity contribution < 1.29 is 0 Å². The third kappa shape index (κ3) is 2.22. The van der Waals surface area contributed by atoms with Gasteiger partial charge >= 0.3 is 0 Å². The highest BCUT2D eigenvalue weighted by Gasteiger charge is 2.20. The second-order valence-electron chi connectivity index (χ2n) is 5.19. The fourth-order valence-corrected chi connectivity index (χ4v) is 3.27. The number of nitrogens with zero attached hydrogens (tertiary/aromatic N) is 3. The molecule has 0 bridgehead atoms. The molecular formula is C15H15Cl2N5. The number of hydrogen-bond donors (Lipinski definition) is 2. The summed E-state index contributed by atoms with van der Waals surface area (Å²) in [7, 11) is 0. The summed E-state index contributed by atoms with van der Waals surface area (Å²) in [4.78, 5) is 4.66. The lowest BCUT2D eigenvalue weighted by Crippen LogP contribution is -2.11. The Kier molecular flexibility index (Phi) is 3.72. The Morgan fingerprint density at radius 2 is 1.82 bits per heavy atom. The first-order valence-corrected chi connectivity index (χ1v) is 7.48. The van der Waals surface area contributed by atoms with Gasteiger partial charge in [-0.25, -0.2) is 4.98 Å². The monoisotopic (exact) mass is 335 g/mol. The van der Waals surface area contributed by atoms with Gasteiger partial charge in [0.05, 0.1) is 21.9 Å². The van der Waals surface area contributed by atoms with Gasteiger partial charge in [0.25, 0.3) is 0 Å². The molecule has 0 radical (unpaired) electrons. The minimum Gasteiger partial charge on any atom is -0.383 e.